The van der Waals surface area contributed by atoms with Crippen LogP contribution < -0.4 is 4.74 Å². The standard InChI is InChI=1S/C13H19NO4/c1-13(2,3)14(18-17-5)9-10-6-7-11(15)12(8-10)16-4/h6-9H,1-5H3/p+1. The summed E-state index contributed by atoms with van der Waals surface area (Å²) in [6, 6.07) is 5.04. The number of nitrogens with zero attached hydrogens (tertiary/aromatic N) is 1. The van der Waals surface area contributed by atoms with Gasteiger partial charge in [0, 0.05) is 31.1 Å². The second-order valence-electron chi connectivity index (χ2n) is 4.80. The van der Waals surface area contributed by atoms with Crippen LogP contribution in [0.25, 0.3) is 0 Å². The second-order valence-corrected chi connectivity index (χ2v) is 4.80. The van der Waals surface area contributed by atoms with Crippen LogP contribution in [0.4, 0.5) is 0 Å². The third kappa shape index (κ3) is 3.63. The van der Waals surface area contributed by atoms with E-state index in [4.69, 9.17) is 14.6 Å². The zero-order valence-electron chi connectivity index (χ0n) is 11.4. The molecule has 1 aromatic rings. The fraction of sp³-hybridized carbons (Fsp3) is 0.462. The zero-order chi connectivity index (χ0) is 13.8. The average molecular weight is 254 g/mol. The number of aromatic hydroxyl groups is 1. The Hall–Kier alpha value is -1.75. The maximum Gasteiger partial charge on any atom is 0.227 e. The molecule has 100 valence electrons. The van der Waals surface area contributed by atoms with Crippen LogP contribution >= 0.6 is 0 Å². The molecule has 0 saturated carbocycles. The lowest BCUT2D eigenvalue weighted by Crippen LogP contribution is -2.34. The summed E-state index contributed by atoms with van der Waals surface area (Å²) in [5, 5.41) is 9.52. The van der Waals surface area contributed by atoms with Gasteiger partial charge in [0.25, 0.3) is 0 Å². The van der Waals surface area contributed by atoms with E-state index in [1.54, 1.807) is 29.2 Å². The maximum atomic E-state index is 9.52. The van der Waals surface area contributed by atoms with Crippen molar-refractivity contribution in [3.8, 4) is 11.5 Å². The molecule has 1 rings (SSSR count). The highest BCUT2D eigenvalue weighted by molar-refractivity contribution is 5.77. The molecule has 5 heteroatoms. The number of phenolic OH excluding ortho intramolecular Hbond substituents is 1. The van der Waals surface area contributed by atoms with Crippen molar-refractivity contribution in [2.24, 2.45) is 0 Å². The Bertz CT molecular complexity index is 435. The van der Waals surface area contributed by atoms with E-state index in [9.17, 15) is 5.11 Å². The number of ether oxygens (including phenoxy) is 1. The smallest absolute Gasteiger partial charge is 0.227 e. The fourth-order valence-corrected chi connectivity index (χ4v) is 1.32. The van der Waals surface area contributed by atoms with Crippen LogP contribution in [0.2, 0.25) is 0 Å². The molecule has 0 aromatic heterocycles. The summed E-state index contributed by atoms with van der Waals surface area (Å²) in [6.07, 6.45) is 1.77. The highest BCUT2D eigenvalue weighted by Crippen LogP contribution is 2.25. The number of benzene rings is 1. The normalized spacial score (nSPS) is 12.4. The molecule has 0 saturated heterocycles. The number of hydroxylamine groups is 1. The summed E-state index contributed by atoms with van der Waals surface area (Å²) in [4.78, 5) is 9.79. The highest BCUT2D eigenvalue weighted by atomic mass is 17.3. The summed E-state index contributed by atoms with van der Waals surface area (Å²) in [6.45, 7) is 5.96. The zero-order valence-corrected chi connectivity index (χ0v) is 11.4. The third-order valence-corrected chi connectivity index (χ3v) is 2.29. The first kappa shape index (κ1) is 14.3. The van der Waals surface area contributed by atoms with Crippen molar-refractivity contribution in [1.82, 2.24) is 0 Å². The van der Waals surface area contributed by atoms with Gasteiger partial charge >= 0.3 is 0 Å². The lowest BCUT2D eigenvalue weighted by atomic mass is 10.1. The van der Waals surface area contributed by atoms with Crippen molar-refractivity contribution in [3.05, 3.63) is 23.8 Å². The van der Waals surface area contributed by atoms with E-state index in [2.05, 4.69) is 0 Å². The lowest BCUT2D eigenvalue weighted by molar-refractivity contribution is -0.902. The van der Waals surface area contributed by atoms with Gasteiger partial charge in [-0.25, -0.2) is 0 Å². The lowest BCUT2D eigenvalue weighted by Gasteiger charge is -2.12. The van der Waals surface area contributed by atoms with Crippen molar-refractivity contribution in [3.63, 3.8) is 0 Å². The monoisotopic (exact) mass is 254 g/mol. The number of phenols is 1. The summed E-state index contributed by atoms with van der Waals surface area (Å²) in [7, 11) is 2.95. The van der Waals surface area contributed by atoms with Gasteiger partial charge in [0.2, 0.25) is 11.8 Å². The number of hydrogen-bond acceptors (Lipinski definition) is 4. The van der Waals surface area contributed by atoms with Crippen molar-refractivity contribution in [1.29, 1.82) is 0 Å². The molecule has 1 N–H and O–H groups in total. The first-order valence-corrected chi connectivity index (χ1v) is 5.60. The van der Waals surface area contributed by atoms with Gasteiger partial charge in [0.1, 0.15) is 0 Å². The average Bonchev–Trinajstić information content (AvgIpc) is 2.29. The topological polar surface area (TPSA) is 50.9 Å². The molecule has 18 heavy (non-hydrogen) atoms. The van der Waals surface area contributed by atoms with Gasteiger partial charge < -0.3 is 9.84 Å². The molecule has 0 aliphatic heterocycles. The van der Waals surface area contributed by atoms with Crippen molar-refractivity contribution < 1.29 is 24.5 Å². The molecule has 5 nitrogen and oxygen atoms in total. The van der Waals surface area contributed by atoms with Gasteiger partial charge in [-0.15, -0.1) is 4.89 Å². The molecular weight excluding hydrogens is 234 g/mol. The van der Waals surface area contributed by atoms with Crippen molar-refractivity contribution >= 4 is 6.21 Å². The number of rotatable bonds is 4. The van der Waals surface area contributed by atoms with Crippen LogP contribution in [0.1, 0.15) is 26.3 Å². The van der Waals surface area contributed by atoms with Crippen LogP contribution in [-0.2, 0) is 9.88 Å². The molecule has 0 aliphatic carbocycles. The van der Waals surface area contributed by atoms with E-state index in [0.29, 0.717) is 5.75 Å². The SMILES string of the molecule is COO/[N+](=C\c1ccc(O)c(OC)c1)C(C)(C)C. The fourth-order valence-electron chi connectivity index (χ4n) is 1.32. The quantitative estimate of drug-likeness (QED) is 0.387. The van der Waals surface area contributed by atoms with Crippen LogP contribution in [0.5, 0.6) is 11.5 Å². The molecule has 0 fully saturated rings. The minimum absolute atomic E-state index is 0.101. The van der Waals surface area contributed by atoms with Gasteiger partial charge in [0.05, 0.1) is 14.2 Å². The number of hydrogen-bond donors (Lipinski definition) is 1. The molecular formula is C13H20NO4+. The molecule has 0 heterocycles. The first-order chi connectivity index (χ1) is 8.38. The molecule has 0 unspecified atom stereocenters. The second kappa shape index (κ2) is 5.73. The Morgan fingerprint density at radius 3 is 2.39 bits per heavy atom. The van der Waals surface area contributed by atoms with Gasteiger partial charge in [-0.2, -0.15) is 0 Å². The van der Waals surface area contributed by atoms with E-state index >= 15 is 0 Å². The molecule has 1 aromatic carbocycles. The van der Waals surface area contributed by atoms with Crippen LogP contribution in [-0.4, -0.2) is 35.8 Å². The molecule has 0 aliphatic rings. The molecule has 0 bridgehead atoms. The van der Waals surface area contributed by atoms with Crippen LogP contribution in [0.15, 0.2) is 18.2 Å². The van der Waals surface area contributed by atoms with Gasteiger partial charge in [-0.05, 0) is 18.2 Å². The van der Waals surface area contributed by atoms with Gasteiger partial charge in [-0.1, -0.05) is 4.99 Å². The maximum absolute atomic E-state index is 9.52. The summed E-state index contributed by atoms with van der Waals surface area (Å²) >= 11 is 0. The van der Waals surface area contributed by atoms with Crippen molar-refractivity contribution in [2.45, 2.75) is 26.3 Å². The highest BCUT2D eigenvalue weighted by Gasteiger charge is 2.28. The summed E-state index contributed by atoms with van der Waals surface area (Å²) in [5.41, 5.74) is 0.567. The summed E-state index contributed by atoms with van der Waals surface area (Å²) in [5.74, 6) is 0.514. The minimum atomic E-state index is -0.263. The number of methoxy groups -OCH3 is 1. The molecule has 0 spiro atoms. The Morgan fingerprint density at radius 2 is 1.89 bits per heavy atom. The Labute approximate surface area is 107 Å². The van der Waals surface area contributed by atoms with Crippen LogP contribution in [0, 0.1) is 0 Å². The predicted octanol–water partition coefficient (Wildman–Crippen LogP) is 2.12. The molecule has 0 amide bonds. The van der Waals surface area contributed by atoms with Gasteiger partial charge in [-0.3, -0.25) is 0 Å². The predicted molar refractivity (Wildman–Crippen MR) is 67.9 cm³/mol. The van der Waals surface area contributed by atoms with Crippen molar-refractivity contribution in [2.75, 3.05) is 14.2 Å². The van der Waals surface area contributed by atoms with E-state index in [-0.39, 0.29) is 11.3 Å². The first-order valence-electron chi connectivity index (χ1n) is 5.60. The largest absolute Gasteiger partial charge is 0.504 e. The Kier molecular flexibility index (Phi) is 4.55. The van der Waals surface area contributed by atoms with E-state index in [0.717, 1.165) is 5.56 Å². The minimum Gasteiger partial charge on any atom is -0.504 e. The van der Waals surface area contributed by atoms with Gasteiger partial charge in [0.15, 0.2) is 11.5 Å². The van der Waals surface area contributed by atoms with E-state index in [1.165, 1.54) is 14.2 Å². The third-order valence-electron chi connectivity index (χ3n) is 2.29. The summed E-state index contributed by atoms with van der Waals surface area (Å²) < 4.78 is 6.63. The van der Waals surface area contributed by atoms with E-state index in [1.807, 2.05) is 20.8 Å². The van der Waals surface area contributed by atoms with E-state index < -0.39 is 0 Å². The Morgan fingerprint density at radius 1 is 1.22 bits per heavy atom. The van der Waals surface area contributed by atoms with Crippen LogP contribution in [0.3, 0.4) is 0 Å². The molecule has 0 atom stereocenters. The Balaban J connectivity index is 3.12. The molecule has 0 radical (unpaired) electrons.